The summed E-state index contributed by atoms with van der Waals surface area (Å²) >= 11 is 0.278. The molecule has 4 aromatic rings. The molecular formula is C27H24F4N6O3S2. The first kappa shape index (κ1) is 28.4. The number of benzene rings is 1. The fraction of sp³-hybridized carbons (Fsp3) is 0.333. The molecule has 0 aliphatic heterocycles. The molecule has 1 fully saturated rings. The highest BCUT2D eigenvalue weighted by Crippen LogP contribution is 2.52. The number of alkyl halides is 3. The van der Waals surface area contributed by atoms with Crippen molar-refractivity contribution in [2.45, 2.75) is 42.9 Å². The summed E-state index contributed by atoms with van der Waals surface area (Å²) < 4.78 is 84.8. The predicted molar refractivity (Wildman–Crippen MR) is 145 cm³/mol. The topological polar surface area (TPSA) is 103 Å². The predicted octanol–water partition coefficient (Wildman–Crippen LogP) is 4.90. The van der Waals surface area contributed by atoms with Gasteiger partial charge in [0, 0.05) is 26.3 Å². The minimum Gasteiger partial charge on any atom is -0.290 e. The number of rotatable bonds is 6. The van der Waals surface area contributed by atoms with Gasteiger partial charge in [-0.25, -0.2) is 22.5 Å². The monoisotopic (exact) mass is 620 g/mol. The molecule has 0 N–H and O–H groups in total. The smallest absolute Gasteiger partial charge is 0.290 e. The average molecular weight is 621 g/mol. The SMILES string of the molecule is CN([C@H]1CCC2=Cc3c(cnn3-c3ccc(F)cc3)C[C@]2(C(=O)c2ncc(C(F)(F)F)s2)C1)S(=O)(=O)c1ccn(C)n1. The molecule has 220 valence electrons. The van der Waals surface area contributed by atoms with Gasteiger partial charge in [0.25, 0.3) is 10.0 Å². The molecule has 2 atom stereocenters. The molecule has 0 radical (unpaired) electrons. The van der Waals surface area contributed by atoms with Crippen molar-refractivity contribution in [1.29, 1.82) is 0 Å². The van der Waals surface area contributed by atoms with Gasteiger partial charge in [-0.2, -0.15) is 27.7 Å². The number of aryl methyl sites for hydroxylation is 1. The van der Waals surface area contributed by atoms with Gasteiger partial charge >= 0.3 is 6.18 Å². The molecule has 0 unspecified atom stereocenters. The zero-order valence-electron chi connectivity index (χ0n) is 22.3. The van der Waals surface area contributed by atoms with Crippen molar-refractivity contribution in [2.24, 2.45) is 12.5 Å². The van der Waals surface area contributed by atoms with Gasteiger partial charge in [-0.15, -0.1) is 11.3 Å². The lowest BCUT2D eigenvalue weighted by Crippen LogP contribution is -2.49. The average Bonchev–Trinajstić information content (AvgIpc) is 3.71. The number of Topliss-reactive ketones (excluding diaryl/α,β-unsaturated/α-hetero) is 1. The molecule has 0 saturated heterocycles. The quantitative estimate of drug-likeness (QED) is 0.225. The van der Waals surface area contributed by atoms with Crippen molar-refractivity contribution in [2.75, 3.05) is 7.05 Å². The third-order valence-corrected chi connectivity index (χ3v) is 10.8. The minimum absolute atomic E-state index is 0.0301. The molecule has 1 saturated carbocycles. The Bertz CT molecular complexity index is 1820. The van der Waals surface area contributed by atoms with Crippen LogP contribution in [0.25, 0.3) is 11.8 Å². The highest BCUT2D eigenvalue weighted by atomic mass is 32.2. The molecule has 0 spiro atoms. The first-order chi connectivity index (χ1) is 19.8. The maximum absolute atomic E-state index is 14.2. The van der Waals surface area contributed by atoms with Crippen LogP contribution in [-0.4, -0.2) is 56.1 Å². The maximum Gasteiger partial charge on any atom is 0.427 e. The van der Waals surface area contributed by atoms with Crippen LogP contribution in [0.2, 0.25) is 0 Å². The van der Waals surface area contributed by atoms with Gasteiger partial charge in [-0.05, 0) is 67.7 Å². The lowest BCUT2D eigenvalue weighted by Gasteiger charge is -2.45. The number of hydrogen-bond acceptors (Lipinski definition) is 7. The summed E-state index contributed by atoms with van der Waals surface area (Å²) in [5.41, 5.74) is 1.23. The molecule has 0 amide bonds. The summed E-state index contributed by atoms with van der Waals surface area (Å²) in [5.74, 6) is -1.00. The van der Waals surface area contributed by atoms with E-state index in [2.05, 4.69) is 15.2 Å². The van der Waals surface area contributed by atoms with E-state index < -0.39 is 44.1 Å². The lowest BCUT2D eigenvalue weighted by molar-refractivity contribution is -0.134. The third kappa shape index (κ3) is 4.68. The van der Waals surface area contributed by atoms with Crippen LogP contribution >= 0.6 is 11.3 Å². The number of hydrogen-bond donors (Lipinski definition) is 0. The molecule has 3 heterocycles. The van der Waals surface area contributed by atoms with E-state index in [1.54, 1.807) is 36.1 Å². The van der Waals surface area contributed by atoms with Crippen LogP contribution in [0, 0.1) is 11.2 Å². The molecule has 6 rings (SSSR count). The molecule has 2 aliphatic carbocycles. The second kappa shape index (κ2) is 9.95. The normalized spacial score (nSPS) is 20.7. The van der Waals surface area contributed by atoms with E-state index >= 15 is 0 Å². The Morgan fingerprint density at radius 2 is 1.90 bits per heavy atom. The summed E-state index contributed by atoms with van der Waals surface area (Å²) in [4.78, 5) is 17.1. The number of allylic oxidation sites excluding steroid dienone is 1. The Kier molecular flexibility index (Phi) is 6.74. The van der Waals surface area contributed by atoms with Crippen LogP contribution in [0.15, 0.2) is 59.5 Å². The molecule has 2 aliphatic rings. The van der Waals surface area contributed by atoms with E-state index in [0.29, 0.717) is 41.6 Å². The molecule has 15 heteroatoms. The Balaban J connectivity index is 1.42. The Labute approximate surface area is 242 Å². The fourth-order valence-corrected chi connectivity index (χ4v) is 7.93. The zero-order chi connectivity index (χ0) is 30.0. The van der Waals surface area contributed by atoms with Crippen LogP contribution < -0.4 is 0 Å². The van der Waals surface area contributed by atoms with Crippen LogP contribution in [0.4, 0.5) is 17.6 Å². The van der Waals surface area contributed by atoms with Crippen molar-refractivity contribution in [1.82, 2.24) is 28.9 Å². The number of nitrogens with zero attached hydrogens (tertiary/aromatic N) is 6. The maximum atomic E-state index is 14.2. The van der Waals surface area contributed by atoms with Gasteiger partial charge in [0.15, 0.2) is 10.0 Å². The van der Waals surface area contributed by atoms with Gasteiger partial charge in [-0.3, -0.25) is 9.48 Å². The molecule has 42 heavy (non-hydrogen) atoms. The van der Waals surface area contributed by atoms with E-state index in [4.69, 9.17) is 0 Å². The van der Waals surface area contributed by atoms with Crippen molar-refractivity contribution in [3.63, 3.8) is 0 Å². The number of aromatic nitrogens is 5. The van der Waals surface area contributed by atoms with Gasteiger partial charge in [0.05, 0.1) is 29.2 Å². The van der Waals surface area contributed by atoms with E-state index in [-0.39, 0.29) is 34.2 Å². The highest BCUT2D eigenvalue weighted by Gasteiger charge is 2.52. The van der Waals surface area contributed by atoms with Crippen molar-refractivity contribution in [3.8, 4) is 5.69 Å². The summed E-state index contributed by atoms with van der Waals surface area (Å²) in [7, 11) is -1.00. The Morgan fingerprint density at radius 3 is 2.55 bits per heavy atom. The zero-order valence-corrected chi connectivity index (χ0v) is 24.0. The van der Waals surface area contributed by atoms with E-state index in [1.807, 2.05) is 0 Å². The number of thiazole rings is 1. The fourth-order valence-electron chi connectivity index (χ4n) is 5.77. The lowest BCUT2D eigenvalue weighted by atomic mass is 9.61. The number of halogens is 4. The molecule has 3 aromatic heterocycles. The summed E-state index contributed by atoms with van der Waals surface area (Å²) in [6.07, 6.45) is 1.67. The van der Waals surface area contributed by atoms with E-state index in [9.17, 15) is 30.8 Å². The van der Waals surface area contributed by atoms with Crippen molar-refractivity contribution < 1.29 is 30.8 Å². The highest BCUT2D eigenvalue weighted by molar-refractivity contribution is 7.89. The summed E-state index contributed by atoms with van der Waals surface area (Å²) in [6, 6.07) is 6.47. The first-order valence-corrected chi connectivity index (χ1v) is 15.1. The van der Waals surface area contributed by atoms with Crippen molar-refractivity contribution >= 4 is 33.2 Å². The number of sulfonamides is 1. The van der Waals surface area contributed by atoms with Gasteiger partial charge in [0.2, 0.25) is 5.78 Å². The molecular weight excluding hydrogens is 596 g/mol. The standard InChI is InChI=1S/C27H24F4N6O3S2/c1-35-10-9-23(34-35)42(39,40)36(2)20-6-3-17-11-21-16(14-33-37(21)19-7-4-18(28)5-8-19)12-26(17,13-20)24(38)25-32-15-22(41-25)27(29,30)31/h4-5,7-11,14-15,20H,3,6,12-13H2,1-2H3/t20-,26-/m0/s1. The van der Waals surface area contributed by atoms with Gasteiger partial charge in [0.1, 0.15) is 10.7 Å². The molecule has 9 nitrogen and oxygen atoms in total. The first-order valence-electron chi connectivity index (χ1n) is 12.9. The Hall–Kier alpha value is -3.69. The Morgan fingerprint density at radius 1 is 1.17 bits per heavy atom. The number of carbonyl (C=O) groups is 1. The van der Waals surface area contributed by atoms with Gasteiger partial charge in [-0.1, -0.05) is 5.57 Å². The molecule has 1 aromatic carbocycles. The number of ketones is 1. The second-order valence-corrected chi connectivity index (χ2v) is 13.4. The summed E-state index contributed by atoms with van der Waals surface area (Å²) in [5, 5.41) is 8.05. The van der Waals surface area contributed by atoms with Crippen LogP contribution in [0.1, 0.15) is 45.2 Å². The number of fused-ring (bicyclic) bond motifs is 2. The van der Waals surface area contributed by atoms with Crippen LogP contribution in [0.5, 0.6) is 0 Å². The van der Waals surface area contributed by atoms with E-state index in [1.165, 1.54) is 40.4 Å². The molecule has 0 bridgehead atoms. The number of carbonyl (C=O) groups excluding carboxylic acids is 1. The van der Waals surface area contributed by atoms with E-state index in [0.717, 1.165) is 0 Å². The van der Waals surface area contributed by atoms with Crippen molar-refractivity contribution in [3.05, 3.63) is 81.5 Å². The largest absolute Gasteiger partial charge is 0.427 e. The van der Waals surface area contributed by atoms with Crippen LogP contribution in [0.3, 0.4) is 0 Å². The second-order valence-electron chi connectivity index (χ2n) is 10.5. The van der Waals surface area contributed by atoms with Crippen LogP contribution in [-0.2, 0) is 29.7 Å². The minimum atomic E-state index is -4.66. The van der Waals surface area contributed by atoms with Gasteiger partial charge < -0.3 is 0 Å². The summed E-state index contributed by atoms with van der Waals surface area (Å²) in [6.45, 7) is 0. The third-order valence-electron chi connectivity index (χ3n) is 7.97.